The van der Waals surface area contributed by atoms with Gasteiger partial charge in [0.05, 0.1) is 13.2 Å². The van der Waals surface area contributed by atoms with Crippen LogP contribution >= 0.6 is 0 Å². The average molecular weight is 266 g/mol. The molecule has 0 spiro atoms. The summed E-state index contributed by atoms with van der Waals surface area (Å²) in [6.07, 6.45) is 5.06. The molecule has 2 rings (SSSR count). The van der Waals surface area contributed by atoms with Crippen molar-refractivity contribution in [1.82, 2.24) is 0 Å². The van der Waals surface area contributed by atoms with E-state index >= 15 is 0 Å². The Kier molecular flexibility index (Phi) is 4.81. The highest BCUT2D eigenvalue weighted by Gasteiger charge is 2.22. The molecule has 0 aromatic heterocycles. The highest BCUT2D eigenvalue weighted by Crippen LogP contribution is 2.30. The molecule has 0 bridgehead atoms. The number of hydrogen-bond donors (Lipinski definition) is 1. The second-order valence-corrected chi connectivity index (χ2v) is 4.64. The van der Waals surface area contributed by atoms with Crippen LogP contribution in [0, 0.1) is 12.3 Å². The number of methoxy groups -OCH3 is 1. The van der Waals surface area contributed by atoms with Crippen LogP contribution in [0.3, 0.4) is 0 Å². The number of terminal acetylenes is 1. The molecule has 2 nitrogen and oxygen atoms in total. The van der Waals surface area contributed by atoms with E-state index in [1.165, 1.54) is 0 Å². The fourth-order valence-electron chi connectivity index (χ4n) is 2.35. The summed E-state index contributed by atoms with van der Waals surface area (Å²) in [5.41, 5.74) is 2.08. The van der Waals surface area contributed by atoms with Crippen molar-refractivity contribution in [2.24, 2.45) is 0 Å². The molecule has 2 aromatic carbocycles. The highest BCUT2D eigenvalue weighted by molar-refractivity contribution is 5.37. The summed E-state index contributed by atoms with van der Waals surface area (Å²) in [4.78, 5) is 0. The van der Waals surface area contributed by atoms with Crippen LogP contribution in [0.4, 0.5) is 0 Å². The summed E-state index contributed by atoms with van der Waals surface area (Å²) in [5.74, 6) is 3.21. The van der Waals surface area contributed by atoms with Gasteiger partial charge in [-0.05, 0) is 23.3 Å². The predicted molar refractivity (Wildman–Crippen MR) is 80.7 cm³/mol. The maximum atomic E-state index is 10.4. The molecule has 102 valence electrons. The largest absolute Gasteiger partial charge is 0.497 e. The van der Waals surface area contributed by atoms with Crippen LogP contribution in [0.2, 0.25) is 0 Å². The molecule has 0 amide bonds. The predicted octanol–water partition coefficient (Wildman–Crippen LogP) is 3.21. The zero-order valence-corrected chi connectivity index (χ0v) is 11.5. The van der Waals surface area contributed by atoms with Crippen molar-refractivity contribution in [3.63, 3.8) is 0 Å². The molecule has 0 heterocycles. The SMILES string of the molecule is C#CCC(O)C(c1ccccc1)c1ccc(OC)cc1. The minimum atomic E-state index is -0.601. The Hall–Kier alpha value is -2.24. The lowest BCUT2D eigenvalue weighted by Gasteiger charge is -2.23. The first-order chi connectivity index (χ1) is 9.76. The Morgan fingerprint density at radius 2 is 1.65 bits per heavy atom. The number of hydrogen-bond acceptors (Lipinski definition) is 2. The molecule has 2 aromatic rings. The first kappa shape index (κ1) is 14.2. The van der Waals surface area contributed by atoms with E-state index in [9.17, 15) is 5.11 Å². The van der Waals surface area contributed by atoms with Crippen molar-refractivity contribution in [2.75, 3.05) is 7.11 Å². The van der Waals surface area contributed by atoms with E-state index in [1.54, 1.807) is 7.11 Å². The molecule has 2 unspecified atom stereocenters. The highest BCUT2D eigenvalue weighted by atomic mass is 16.5. The molecule has 0 aliphatic carbocycles. The van der Waals surface area contributed by atoms with Crippen LogP contribution in [0.1, 0.15) is 23.5 Å². The van der Waals surface area contributed by atoms with Gasteiger partial charge in [0.2, 0.25) is 0 Å². The van der Waals surface area contributed by atoms with E-state index in [4.69, 9.17) is 11.2 Å². The van der Waals surface area contributed by atoms with E-state index in [-0.39, 0.29) is 5.92 Å². The molecule has 0 saturated heterocycles. The number of benzene rings is 2. The molecule has 0 radical (unpaired) electrons. The minimum absolute atomic E-state index is 0.127. The maximum absolute atomic E-state index is 10.4. The van der Waals surface area contributed by atoms with Crippen LogP contribution < -0.4 is 4.74 Å². The van der Waals surface area contributed by atoms with Gasteiger partial charge in [-0.1, -0.05) is 42.5 Å². The molecule has 1 N–H and O–H groups in total. The molecule has 0 saturated carbocycles. The van der Waals surface area contributed by atoms with Gasteiger partial charge in [0, 0.05) is 12.3 Å². The zero-order chi connectivity index (χ0) is 14.4. The third-order valence-corrected chi connectivity index (χ3v) is 3.35. The molecular weight excluding hydrogens is 248 g/mol. The summed E-state index contributed by atoms with van der Waals surface area (Å²) < 4.78 is 5.17. The van der Waals surface area contributed by atoms with Crippen molar-refractivity contribution in [3.8, 4) is 18.1 Å². The Morgan fingerprint density at radius 3 is 2.20 bits per heavy atom. The smallest absolute Gasteiger partial charge is 0.118 e. The van der Waals surface area contributed by atoms with Crippen LogP contribution in [0.15, 0.2) is 54.6 Å². The molecule has 2 atom stereocenters. The first-order valence-electron chi connectivity index (χ1n) is 6.56. The van der Waals surface area contributed by atoms with E-state index in [0.717, 1.165) is 16.9 Å². The van der Waals surface area contributed by atoms with Crippen molar-refractivity contribution < 1.29 is 9.84 Å². The van der Waals surface area contributed by atoms with Gasteiger partial charge in [0.25, 0.3) is 0 Å². The van der Waals surface area contributed by atoms with Gasteiger partial charge in [-0.2, -0.15) is 0 Å². The van der Waals surface area contributed by atoms with E-state index in [0.29, 0.717) is 6.42 Å². The van der Waals surface area contributed by atoms with Crippen LogP contribution in [0.5, 0.6) is 5.75 Å². The van der Waals surface area contributed by atoms with Crippen molar-refractivity contribution in [1.29, 1.82) is 0 Å². The number of ether oxygens (including phenoxy) is 1. The summed E-state index contributed by atoms with van der Waals surface area (Å²) in [5, 5.41) is 10.4. The van der Waals surface area contributed by atoms with Crippen molar-refractivity contribution in [3.05, 3.63) is 65.7 Å². The Balaban J connectivity index is 2.38. The molecule has 2 heteroatoms. The van der Waals surface area contributed by atoms with E-state index in [2.05, 4.69) is 5.92 Å². The monoisotopic (exact) mass is 266 g/mol. The lowest BCUT2D eigenvalue weighted by Crippen LogP contribution is -2.19. The topological polar surface area (TPSA) is 29.5 Å². The standard InChI is InChI=1S/C18H18O2/c1-3-7-17(19)18(14-8-5-4-6-9-14)15-10-12-16(20-2)13-11-15/h1,4-6,8-13,17-19H,7H2,2H3. The van der Waals surface area contributed by atoms with E-state index < -0.39 is 6.10 Å². The molecule has 0 aliphatic rings. The lowest BCUT2D eigenvalue weighted by molar-refractivity contribution is 0.162. The quantitative estimate of drug-likeness (QED) is 0.842. The molecule has 0 aliphatic heterocycles. The Labute approximate surface area is 120 Å². The van der Waals surface area contributed by atoms with Gasteiger partial charge < -0.3 is 9.84 Å². The third kappa shape index (κ3) is 3.20. The summed E-state index contributed by atoms with van der Waals surface area (Å²) in [6.45, 7) is 0. The minimum Gasteiger partial charge on any atom is -0.497 e. The zero-order valence-electron chi connectivity index (χ0n) is 11.5. The number of rotatable bonds is 5. The van der Waals surface area contributed by atoms with Gasteiger partial charge in [0.1, 0.15) is 5.75 Å². The average Bonchev–Trinajstić information content (AvgIpc) is 2.50. The summed E-state index contributed by atoms with van der Waals surface area (Å²) >= 11 is 0. The second kappa shape index (κ2) is 6.79. The molecular formula is C18H18O2. The van der Waals surface area contributed by atoms with Gasteiger partial charge in [-0.25, -0.2) is 0 Å². The maximum Gasteiger partial charge on any atom is 0.118 e. The van der Waals surface area contributed by atoms with Crippen LogP contribution in [-0.4, -0.2) is 18.3 Å². The number of aliphatic hydroxyl groups is 1. The summed E-state index contributed by atoms with van der Waals surface area (Å²) in [7, 11) is 1.64. The first-order valence-corrected chi connectivity index (χ1v) is 6.56. The third-order valence-electron chi connectivity index (χ3n) is 3.35. The summed E-state index contributed by atoms with van der Waals surface area (Å²) in [6, 6.07) is 17.6. The second-order valence-electron chi connectivity index (χ2n) is 4.64. The normalized spacial score (nSPS) is 13.2. The van der Waals surface area contributed by atoms with Gasteiger partial charge in [-0.15, -0.1) is 12.3 Å². The fourth-order valence-corrected chi connectivity index (χ4v) is 2.35. The van der Waals surface area contributed by atoms with Crippen LogP contribution in [-0.2, 0) is 0 Å². The Bertz CT molecular complexity index is 567. The Morgan fingerprint density at radius 1 is 1.05 bits per heavy atom. The van der Waals surface area contributed by atoms with Crippen molar-refractivity contribution in [2.45, 2.75) is 18.4 Å². The fraction of sp³-hybridized carbons (Fsp3) is 0.222. The van der Waals surface area contributed by atoms with Gasteiger partial charge >= 0.3 is 0 Å². The number of aliphatic hydroxyl groups excluding tert-OH is 1. The molecule has 20 heavy (non-hydrogen) atoms. The molecule has 0 fully saturated rings. The van der Waals surface area contributed by atoms with E-state index in [1.807, 2.05) is 54.6 Å². The van der Waals surface area contributed by atoms with Gasteiger partial charge in [-0.3, -0.25) is 0 Å². The van der Waals surface area contributed by atoms with Gasteiger partial charge in [0.15, 0.2) is 0 Å². The van der Waals surface area contributed by atoms with Crippen molar-refractivity contribution >= 4 is 0 Å². The lowest BCUT2D eigenvalue weighted by atomic mass is 9.85. The van der Waals surface area contributed by atoms with Crippen LogP contribution in [0.25, 0.3) is 0 Å².